The van der Waals surface area contributed by atoms with Crippen molar-refractivity contribution >= 4 is 11.5 Å². The summed E-state index contributed by atoms with van der Waals surface area (Å²) in [4.78, 5) is 6.60. The first-order valence-electron chi connectivity index (χ1n) is 6.89. The smallest absolute Gasteiger partial charge is 0.199 e. The minimum Gasteiger partial charge on any atom is -0.351 e. The molecule has 1 aliphatic rings. The molecule has 3 heterocycles. The van der Waals surface area contributed by atoms with E-state index in [1.165, 1.54) is 12.8 Å². The van der Waals surface area contributed by atoms with Crippen LogP contribution in [-0.2, 0) is 0 Å². The van der Waals surface area contributed by atoms with Crippen LogP contribution in [-0.4, -0.2) is 50.7 Å². The second-order valence-electron chi connectivity index (χ2n) is 4.91. The molecule has 1 atom stereocenters. The molecule has 7 nitrogen and oxygen atoms in total. The molecule has 19 heavy (non-hydrogen) atoms. The summed E-state index contributed by atoms with van der Waals surface area (Å²) in [6, 6.07) is 0.503. The molecule has 0 saturated carbocycles. The number of aromatic nitrogens is 5. The van der Waals surface area contributed by atoms with Gasteiger partial charge in [0.25, 0.3) is 0 Å². The molecule has 3 rings (SSSR count). The van der Waals surface area contributed by atoms with Crippen LogP contribution >= 0.6 is 0 Å². The van der Waals surface area contributed by atoms with Gasteiger partial charge in [-0.25, -0.2) is 0 Å². The van der Waals surface area contributed by atoms with Crippen LogP contribution in [0.5, 0.6) is 0 Å². The van der Waals surface area contributed by atoms with Gasteiger partial charge in [-0.05, 0) is 36.2 Å². The van der Waals surface area contributed by atoms with Crippen molar-refractivity contribution in [2.24, 2.45) is 0 Å². The molecule has 0 amide bonds. The van der Waals surface area contributed by atoms with Crippen LogP contribution < -0.4 is 10.2 Å². The predicted molar refractivity (Wildman–Crippen MR) is 72.1 cm³/mol. The topological polar surface area (TPSA) is 71.2 Å². The van der Waals surface area contributed by atoms with Crippen molar-refractivity contribution in [2.45, 2.75) is 32.2 Å². The SMILES string of the molecule is CCCNCC1CCCN1c1cncc2nnnn12. The molecule has 1 fully saturated rings. The van der Waals surface area contributed by atoms with Crippen LogP contribution in [0.25, 0.3) is 5.65 Å². The van der Waals surface area contributed by atoms with E-state index in [4.69, 9.17) is 0 Å². The quantitative estimate of drug-likeness (QED) is 0.790. The van der Waals surface area contributed by atoms with Gasteiger partial charge in [-0.15, -0.1) is 5.10 Å². The normalized spacial score (nSPS) is 19.4. The van der Waals surface area contributed by atoms with Crippen LogP contribution in [0.1, 0.15) is 26.2 Å². The minimum absolute atomic E-state index is 0.503. The summed E-state index contributed by atoms with van der Waals surface area (Å²) in [7, 11) is 0. The van der Waals surface area contributed by atoms with Crippen molar-refractivity contribution in [3.05, 3.63) is 12.4 Å². The van der Waals surface area contributed by atoms with E-state index >= 15 is 0 Å². The monoisotopic (exact) mass is 261 g/mol. The van der Waals surface area contributed by atoms with Crippen molar-refractivity contribution in [1.29, 1.82) is 0 Å². The van der Waals surface area contributed by atoms with Crippen LogP contribution in [0.4, 0.5) is 5.82 Å². The highest BCUT2D eigenvalue weighted by Gasteiger charge is 2.26. The van der Waals surface area contributed by atoms with Crippen molar-refractivity contribution in [3.8, 4) is 0 Å². The molecule has 0 aliphatic carbocycles. The molecule has 2 aromatic heterocycles. The number of nitrogens with zero attached hydrogens (tertiary/aromatic N) is 6. The van der Waals surface area contributed by atoms with Gasteiger partial charge in [-0.1, -0.05) is 6.92 Å². The Bertz CT molecular complexity index is 538. The molecule has 1 aliphatic heterocycles. The van der Waals surface area contributed by atoms with E-state index in [-0.39, 0.29) is 0 Å². The van der Waals surface area contributed by atoms with E-state index in [1.54, 1.807) is 10.7 Å². The summed E-state index contributed by atoms with van der Waals surface area (Å²) in [5.41, 5.74) is 0.699. The molecule has 2 aromatic rings. The lowest BCUT2D eigenvalue weighted by Gasteiger charge is -2.26. The molecule has 1 N–H and O–H groups in total. The molecule has 7 heteroatoms. The zero-order chi connectivity index (χ0) is 13.1. The first-order valence-corrected chi connectivity index (χ1v) is 6.89. The Labute approximate surface area is 112 Å². The summed E-state index contributed by atoms with van der Waals surface area (Å²) in [5.74, 6) is 0.989. The zero-order valence-corrected chi connectivity index (χ0v) is 11.2. The first-order chi connectivity index (χ1) is 9.40. The van der Waals surface area contributed by atoms with Gasteiger partial charge in [-0.2, -0.15) is 4.52 Å². The predicted octanol–water partition coefficient (Wildman–Crippen LogP) is 0.488. The van der Waals surface area contributed by atoms with Gasteiger partial charge < -0.3 is 10.2 Å². The maximum Gasteiger partial charge on any atom is 0.199 e. The largest absolute Gasteiger partial charge is 0.351 e. The molecule has 0 aromatic carbocycles. The third-order valence-corrected chi connectivity index (χ3v) is 3.57. The molecular weight excluding hydrogens is 242 g/mol. The van der Waals surface area contributed by atoms with E-state index < -0.39 is 0 Å². The molecule has 0 bridgehead atoms. The summed E-state index contributed by atoms with van der Waals surface area (Å²) < 4.78 is 1.77. The lowest BCUT2D eigenvalue weighted by atomic mass is 10.2. The van der Waals surface area contributed by atoms with Crippen molar-refractivity contribution in [2.75, 3.05) is 24.5 Å². The number of anilines is 1. The van der Waals surface area contributed by atoms with Gasteiger partial charge >= 0.3 is 0 Å². The van der Waals surface area contributed by atoms with Crippen LogP contribution in [0.3, 0.4) is 0 Å². The lowest BCUT2D eigenvalue weighted by molar-refractivity contribution is 0.564. The summed E-state index contributed by atoms with van der Waals surface area (Å²) >= 11 is 0. The Morgan fingerprint density at radius 3 is 3.26 bits per heavy atom. The average molecular weight is 261 g/mol. The standard InChI is InChI=1S/C12H19N7/c1-2-5-13-7-10-4-3-6-18(10)12-9-14-8-11-15-16-17-19(11)12/h8-10,13H,2-7H2,1H3. The van der Waals surface area contributed by atoms with Gasteiger partial charge in [0.2, 0.25) is 0 Å². The molecule has 102 valence electrons. The van der Waals surface area contributed by atoms with E-state index in [0.717, 1.165) is 31.9 Å². The maximum absolute atomic E-state index is 4.24. The van der Waals surface area contributed by atoms with Crippen LogP contribution in [0, 0.1) is 0 Å². The Kier molecular flexibility index (Phi) is 3.54. The van der Waals surface area contributed by atoms with Crippen molar-refractivity contribution < 1.29 is 0 Å². The van der Waals surface area contributed by atoms with E-state index in [0.29, 0.717) is 11.7 Å². The number of hydrogen-bond donors (Lipinski definition) is 1. The highest BCUT2D eigenvalue weighted by Crippen LogP contribution is 2.24. The number of fused-ring (bicyclic) bond motifs is 1. The number of nitrogens with one attached hydrogen (secondary N) is 1. The Morgan fingerprint density at radius 1 is 1.42 bits per heavy atom. The summed E-state index contributed by atoms with van der Waals surface area (Å²) in [5, 5.41) is 15.2. The minimum atomic E-state index is 0.503. The lowest BCUT2D eigenvalue weighted by Crippen LogP contribution is -2.39. The fourth-order valence-electron chi connectivity index (χ4n) is 2.65. The van der Waals surface area contributed by atoms with Gasteiger partial charge in [0, 0.05) is 19.1 Å². The summed E-state index contributed by atoms with van der Waals surface area (Å²) in [6.45, 7) is 5.30. The number of hydrogen-bond acceptors (Lipinski definition) is 6. The van der Waals surface area contributed by atoms with Crippen LogP contribution in [0.15, 0.2) is 12.4 Å². The summed E-state index contributed by atoms with van der Waals surface area (Å²) in [6.07, 6.45) is 7.11. The molecule has 0 spiro atoms. The Hall–Kier alpha value is -1.76. The average Bonchev–Trinajstić information content (AvgIpc) is 3.07. The highest BCUT2D eigenvalue weighted by molar-refractivity contribution is 5.47. The second kappa shape index (κ2) is 5.48. The van der Waals surface area contributed by atoms with Gasteiger partial charge in [0.15, 0.2) is 11.5 Å². The van der Waals surface area contributed by atoms with Crippen LogP contribution in [0.2, 0.25) is 0 Å². The molecule has 0 radical (unpaired) electrons. The third kappa shape index (κ3) is 2.37. The number of tetrazole rings is 1. The Morgan fingerprint density at radius 2 is 2.37 bits per heavy atom. The van der Waals surface area contributed by atoms with E-state index in [1.807, 2.05) is 6.20 Å². The molecule has 1 unspecified atom stereocenters. The fourth-order valence-corrected chi connectivity index (χ4v) is 2.65. The Balaban J connectivity index is 1.81. The fraction of sp³-hybridized carbons (Fsp3) is 0.667. The zero-order valence-electron chi connectivity index (χ0n) is 11.2. The van der Waals surface area contributed by atoms with E-state index in [2.05, 4.69) is 37.6 Å². The van der Waals surface area contributed by atoms with Crippen molar-refractivity contribution in [1.82, 2.24) is 30.3 Å². The van der Waals surface area contributed by atoms with E-state index in [9.17, 15) is 0 Å². The maximum atomic E-state index is 4.24. The van der Waals surface area contributed by atoms with Gasteiger partial charge in [-0.3, -0.25) is 4.98 Å². The molecule has 1 saturated heterocycles. The molecular formula is C12H19N7. The van der Waals surface area contributed by atoms with Gasteiger partial charge in [0.05, 0.1) is 12.4 Å². The first kappa shape index (κ1) is 12.3. The number of rotatable bonds is 5. The van der Waals surface area contributed by atoms with Gasteiger partial charge in [0.1, 0.15) is 0 Å². The van der Waals surface area contributed by atoms with Crippen molar-refractivity contribution in [3.63, 3.8) is 0 Å². The third-order valence-electron chi connectivity index (χ3n) is 3.57. The second-order valence-corrected chi connectivity index (χ2v) is 4.91. The highest BCUT2D eigenvalue weighted by atomic mass is 15.5.